The number of benzene rings is 1. The largest absolute Gasteiger partial charge is 0.381 e. The Morgan fingerprint density at radius 1 is 1.23 bits per heavy atom. The van der Waals surface area contributed by atoms with Gasteiger partial charge in [-0.25, -0.2) is 12.8 Å². The molecule has 2 aliphatic rings. The molecule has 1 aromatic carbocycles. The molecule has 0 aliphatic carbocycles. The Bertz CT molecular complexity index is 777. The van der Waals surface area contributed by atoms with Crippen LogP contribution in [0.25, 0.3) is 0 Å². The van der Waals surface area contributed by atoms with Gasteiger partial charge in [-0.1, -0.05) is 6.07 Å². The summed E-state index contributed by atoms with van der Waals surface area (Å²) in [6.07, 6.45) is 2.13. The molecule has 1 aromatic rings. The summed E-state index contributed by atoms with van der Waals surface area (Å²) in [5, 5.41) is 0. The van der Waals surface area contributed by atoms with Crippen molar-refractivity contribution in [1.29, 1.82) is 0 Å². The lowest BCUT2D eigenvalue weighted by Gasteiger charge is -2.37. The first-order valence-electron chi connectivity index (χ1n) is 8.93. The Morgan fingerprint density at radius 2 is 1.92 bits per heavy atom. The maximum Gasteiger partial charge on any atom is 0.243 e. The van der Waals surface area contributed by atoms with Crippen LogP contribution in [-0.2, 0) is 19.6 Å². The van der Waals surface area contributed by atoms with Crippen LogP contribution in [0.2, 0.25) is 0 Å². The second-order valence-corrected chi connectivity index (χ2v) is 8.92. The molecule has 0 aromatic heterocycles. The molecule has 6 nitrogen and oxygen atoms in total. The zero-order valence-corrected chi connectivity index (χ0v) is 16.0. The molecule has 26 heavy (non-hydrogen) atoms. The molecule has 0 N–H and O–H groups in total. The minimum absolute atomic E-state index is 0.0393. The van der Waals surface area contributed by atoms with Crippen LogP contribution in [0.1, 0.15) is 31.7 Å². The highest BCUT2D eigenvalue weighted by atomic mass is 32.2. The number of nitrogens with zero attached hydrogens (tertiary/aromatic N) is 2. The van der Waals surface area contributed by atoms with Crippen LogP contribution in [0.15, 0.2) is 23.1 Å². The van der Waals surface area contributed by atoms with E-state index in [0.29, 0.717) is 31.7 Å². The predicted octanol–water partition coefficient (Wildman–Crippen LogP) is 1.92. The second kappa shape index (κ2) is 7.62. The minimum Gasteiger partial charge on any atom is -0.381 e. The van der Waals surface area contributed by atoms with E-state index in [-0.39, 0.29) is 29.4 Å². The molecule has 0 spiro atoms. The fourth-order valence-corrected chi connectivity index (χ4v) is 5.32. The van der Waals surface area contributed by atoms with Gasteiger partial charge in [0.15, 0.2) is 0 Å². The van der Waals surface area contributed by atoms with Crippen LogP contribution >= 0.6 is 0 Å². The van der Waals surface area contributed by atoms with Gasteiger partial charge in [-0.15, -0.1) is 0 Å². The van der Waals surface area contributed by atoms with Crippen LogP contribution in [0.4, 0.5) is 4.39 Å². The number of carbonyl (C=O) groups is 1. The van der Waals surface area contributed by atoms with Gasteiger partial charge < -0.3 is 9.64 Å². The highest BCUT2D eigenvalue weighted by molar-refractivity contribution is 7.89. The lowest BCUT2D eigenvalue weighted by Crippen LogP contribution is -2.49. The van der Waals surface area contributed by atoms with Crippen LogP contribution in [0, 0.1) is 12.7 Å². The Labute approximate surface area is 154 Å². The van der Waals surface area contributed by atoms with Gasteiger partial charge in [0, 0.05) is 45.3 Å². The van der Waals surface area contributed by atoms with E-state index in [0.717, 1.165) is 18.9 Å². The number of amides is 1. The van der Waals surface area contributed by atoms with Crippen molar-refractivity contribution in [1.82, 2.24) is 9.21 Å². The van der Waals surface area contributed by atoms with Crippen molar-refractivity contribution in [3.05, 3.63) is 29.6 Å². The molecular weight excluding hydrogens is 359 g/mol. The molecular formula is C18H25FN2O4S. The number of sulfonamides is 1. The fourth-order valence-electron chi connectivity index (χ4n) is 3.81. The van der Waals surface area contributed by atoms with Gasteiger partial charge in [-0.2, -0.15) is 4.31 Å². The molecule has 3 rings (SSSR count). The van der Waals surface area contributed by atoms with Gasteiger partial charge in [-0.3, -0.25) is 4.79 Å². The lowest BCUT2D eigenvalue weighted by molar-refractivity contribution is -0.135. The minimum atomic E-state index is -3.77. The first-order valence-corrected chi connectivity index (χ1v) is 10.4. The topological polar surface area (TPSA) is 66.9 Å². The van der Waals surface area contributed by atoms with E-state index >= 15 is 0 Å². The molecule has 0 saturated carbocycles. The number of aryl methyl sites for hydroxylation is 1. The maximum absolute atomic E-state index is 13.8. The maximum atomic E-state index is 13.8. The molecule has 144 valence electrons. The molecule has 1 atom stereocenters. The molecule has 1 unspecified atom stereocenters. The van der Waals surface area contributed by atoms with Gasteiger partial charge in [-0.05, 0) is 43.9 Å². The van der Waals surface area contributed by atoms with Gasteiger partial charge in [0.25, 0.3) is 0 Å². The third kappa shape index (κ3) is 3.77. The molecule has 2 aliphatic heterocycles. The Kier molecular flexibility index (Phi) is 5.64. The van der Waals surface area contributed by atoms with Gasteiger partial charge in [0.2, 0.25) is 15.9 Å². The number of ether oxygens (including phenoxy) is 1. The number of carbonyl (C=O) groups excluding carboxylic acids is 1. The average Bonchev–Trinajstić information content (AvgIpc) is 3.08. The summed E-state index contributed by atoms with van der Waals surface area (Å²) >= 11 is 0. The summed E-state index contributed by atoms with van der Waals surface area (Å²) in [4.78, 5) is 14.0. The molecule has 0 bridgehead atoms. The Balaban J connectivity index is 1.77. The molecule has 2 saturated heterocycles. The third-order valence-corrected chi connectivity index (χ3v) is 7.11. The van der Waals surface area contributed by atoms with E-state index in [1.165, 1.54) is 23.4 Å². The summed E-state index contributed by atoms with van der Waals surface area (Å²) in [7, 11) is -3.77. The van der Waals surface area contributed by atoms with E-state index in [4.69, 9.17) is 4.74 Å². The van der Waals surface area contributed by atoms with Crippen molar-refractivity contribution in [3.8, 4) is 0 Å². The van der Waals surface area contributed by atoms with Crippen LogP contribution in [-0.4, -0.2) is 61.9 Å². The number of hydrogen-bond donors (Lipinski definition) is 0. The van der Waals surface area contributed by atoms with E-state index < -0.39 is 15.8 Å². The van der Waals surface area contributed by atoms with Crippen LogP contribution in [0.3, 0.4) is 0 Å². The zero-order valence-electron chi connectivity index (χ0n) is 15.2. The van der Waals surface area contributed by atoms with Crippen molar-refractivity contribution in [3.63, 3.8) is 0 Å². The highest BCUT2D eigenvalue weighted by Crippen LogP contribution is 2.28. The summed E-state index contributed by atoms with van der Waals surface area (Å²) in [5.41, 5.74) is 0.408. The van der Waals surface area contributed by atoms with Crippen molar-refractivity contribution in [2.75, 3.05) is 26.3 Å². The van der Waals surface area contributed by atoms with Gasteiger partial charge >= 0.3 is 0 Å². The van der Waals surface area contributed by atoms with Crippen LogP contribution < -0.4 is 0 Å². The number of rotatable bonds is 4. The highest BCUT2D eigenvalue weighted by Gasteiger charge is 2.39. The second-order valence-electron chi connectivity index (χ2n) is 6.99. The lowest BCUT2D eigenvalue weighted by atomic mass is 10.0. The van der Waals surface area contributed by atoms with Crippen molar-refractivity contribution in [2.24, 2.45) is 0 Å². The summed E-state index contributed by atoms with van der Waals surface area (Å²) in [5.74, 6) is -0.572. The SMILES string of the molecule is CC(=O)N(C1CCOCC1)C1CCN(S(=O)(=O)c2ccc(C)c(F)c2)C1. The van der Waals surface area contributed by atoms with E-state index in [9.17, 15) is 17.6 Å². The number of hydrogen-bond acceptors (Lipinski definition) is 4. The van der Waals surface area contributed by atoms with Crippen LogP contribution in [0.5, 0.6) is 0 Å². The van der Waals surface area contributed by atoms with Crippen molar-refractivity contribution < 1.29 is 22.3 Å². The quantitative estimate of drug-likeness (QED) is 0.796. The van der Waals surface area contributed by atoms with E-state index in [1.54, 1.807) is 6.92 Å². The van der Waals surface area contributed by atoms with Gasteiger partial charge in [0.1, 0.15) is 5.82 Å². The normalized spacial score (nSPS) is 22.5. The monoisotopic (exact) mass is 384 g/mol. The van der Waals surface area contributed by atoms with Crippen molar-refractivity contribution in [2.45, 2.75) is 50.1 Å². The van der Waals surface area contributed by atoms with Crippen molar-refractivity contribution >= 4 is 15.9 Å². The predicted molar refractivity (Wildman–Crippen MR) is 94.7 cm³/mol. The first-order chi connectivity index (χ1) is 12.3. The van der Waals surface area contributed by atoms with E-state index in [1.807, 2.05) is 4.90 Å². The molecule has 0 radical (unpaired) electrons. The van der Waals surface area contributed by atoms with Gasteiger partial charge in [0.05, 0.1) is 4.90 Å². The summed E-state index contributed by atoms with van der Waals surface area (Å²) in [6.45, 7) is 4.93. The standard InChI is InChI=1S/C18H25FN2O4S/c1-13-3-4-17(11-18(13)19)26(23,24)20-8-5-16(12-20)21(14(2)22)15-6-9-25-10-7-15/h3-4,11,15-16H,5-10,12H2,1-2H3. The first kappa shape index (κ1) is 19.3. The smallest absolute Gasteiger partial charge is 0.243 e. The van der Waals surface area contributed by atoms with E-state index in [2.05, 4.69) is 0 Å². The Hall–Kier alpha value is -1.51. The average molecular weight is 384 g/mol. The summed E-state index contributed by atoms with van der Waals surface area (Å²) < 4.78 is 46.2. The molecule has 8 heteroatoms. The molecule has 1 amide bonds. The fraction of sp³-hybridized carbons (Fsp3) is 0.611. The summed E-state index contributed by atoms with van der Waals surface area (Å²) in [6, 6.07) is 3.91. The Morgan fingerprint density at radius 3 is 2.54 bits per heavy atom. The zero-order chi connectivity index (χ0) is 18.9. The number of halogens is 1. The third-order valence-electron chi connectivity index (χ3n) is 5.25. The molecule has 2 heterocycles. The molecule has 2 fully saturated rings.